The summed E-state index contributed by atoms with van der Waals surface area (Å²) in [5.74, 6) is -0.931. The van der Waals surface area contributed by atoms with Gasteiger partial charge in [-0.1, -0.05) is 0 Å². The molecule has 6 heteroatoms. The van der Waals surface area contributed by atoms with Crippen LogP contribution in [0.3, 0.4) is 0 Å². The summed E-state index contributed by atoms with van der Waals surface area (Å²) >= 11 is 0. The molecule has 0 spiro atoms. The van der Waals surface area contributed by atoms with Crippen molar-refractivity contribution in [1.29, 1.82) is 0 Å². The smallest absolute Gasteiger partial charge is 0.220 e. The molecule has 1 amide bonds. The molecule has 0 unspecified atom stereocenters. The molecule has 4 nitrogen and oxygen atoms in total. The van der Waals surface area contributed by atoms with Crippen LogP contribution in [0.2, 0.25) is 0 Å². The van der Waals surface area contributed by atoms with Gasteiger partial charge in [0.1, 0.15) is 11.6 Å². The van der Waals surface area contributed by atoms with Gasteiger partial charge in [-0.3, -0.25) is 4.79 Å². The van der Waals surface area contributed by atoms with Gasteiger partial charge >= 0.3 is 0 Å². The van der Waals surface area contributed by atoms with E-state index in [1.807, 2.05) is 20.8 Å². The molecule has 0 radical (unpaired) electrons. The molecule has 0 atom stereocenters. The van der Waals surface area contributed by atoms with Crippen LogP contribution in [-0.4, -0.2) is 16.4 Å². The maximum Gasteiger partial charge on any atom is 0.220 e. The van der Waals surface area contributed by atoms with Crippen molar-refractivity contribution in [2.24, 2.45) is 0 Å². The third-order valence-corrected chi connectivity index (χ3v) is 2.83. The zero-order chi connectivity index (χ0) is 16.3. The number of amides is 1. The Morgan fingerprint density at radius 1 is 1.32 bits per heavy atom. The summed E-state index contributed by atoms with van der Waals surface area (Å²) in [4.78, 5) is 15.7. The number of oxazole rings is 1. The standard InChI is InChI=1S/C16H18F2N2O2/c1-16(2,3)20-14(21)6-7-15-19-9-13(22-15)11-5-4-10(17)8-12(11)18/h4-5,8-9H,6-7H2,1-3H3,(H,20,21). The SMILES string of the molecule is CC(C)(C)NC(=O)CCc1ncc(-c2ccc(F)cc2F)o1. The number of carbonyl (C=O) groups excluding carboxylic acids is 1. The van der Waals surface area contributed by atoms with E-state index in [1.165, 1.54) is 12.3 Å². The van der Waals surface area contributed by atoms with E-state index in [9.17, 15) is 13.6 Å². The van der Waals surface area contributed by atoms with Gasteiger partial charge in [-0.05, 0) is 32.9 Å². The predicted octanol–water partition coefficient (Wildman–Crippen LogP) is 3.47. The van der Waals surface area contributed by atoms with Crippen LogP contribution in [0.25, 0.3) is 11.3 Å². The number of nitrogens with one attached hydrogen (secondary N) is 1. The van der Waals surface area contributed by atoms with E-state index in [1.54, 1.807) is 0 Å². The van der Waals surface area contributed by atoms with Gasteiger partial charge in [-0.15, -0.1) is 0 Å². The molecule has 1 heterocycles. The Balaban J connectivity index is 2.01. The maximum absolute atomic E-state index is 13.7. The summed E-state index contributed by atoms with van der Waals surface area (Å²) < 4.78 is 32.0. The van der Waals surface area contributed by atoms with Crippen molar-refractivity contribution in [3.63, 3.8) is 0 Å². The highest BCUT2D eigenvalue weighted by atomic mass is 19.1. The topological polar surface area (TPSA) is 55.1 Å². The third kappa shape index (κ3) is 4.38. The van der Waals surface area contributed by atoms with Crippen LogP contribution in [0.15, 0.2) is 28.8 Å². The van der Waals surface area contributed by atoms with Crippen LogP contribution in [0, 0.1) is 11.6 Å². The Labute approximate surface area is 127 Å². The molecule has 22 heavy (non-hydrogen) atoms. The zero-order valence-corrected chi connectivity index (χ0v) is 12.7. The van der Waals surface area contributed by atoms with Crippen molar-refractivity contribution in [2.45, 2.75) is 39.2 Å². The summed E-state index contributed by atoms with van der Waals surface area (Å²) in [7, 11) is 0. The number of hydrogen-bond acceptors (Lipinski definition) is 3. The molecule has 0 aliphatic carbocycles. The van der Waals surface area contributed by atoms with E-state index in [2.05, 4.69) is 10.3 Å². The monoisotopic (exact) mass is 308 g/mol. The quantitative estimate of drug-likeness (QED) is 0.941. The van der Waals surface area contributed by atoms with E-state index >= 15 is 0 Å². The van der Waals surface area contributed by atoms with Crippen LogP contribution in [-0.2, 0) is 11.2 Å². The highest BCUT2D eigenvalue weighted by molar-refractivity contribution is 5.76. The minimum absolute atomic E-state index is 0.111. The number of aryl methyl sites for hydroxylation is 1. The highest BCUT2D eigenvalue weighted by Crippen LogP contribution is 2.24. The van der Waals surface area contributed by atoms with Gasteiger partial charge in [0.15, 0.2) is 11.7 Å². The van der Waals surface area contributed by atoms with Crippen LogP contribution in [0.1, 0.15) is 33.1 Å². The van der Waals surface area contributed by atoms with E-state index < -0.39 is 11.6 Å². The van der Waals surface area contributed by atoms with Gasteiger partial charge in [0.05, 0.1) is 11.8 Å². The molecular weight excluding hydrogens is 290 g/mol. The maximum atomic E-state index is 13.7. The fourth-order valence-corrected chi connectivity index (χ4v) is 1.94. The average molecular weight is 308 g/mol. The Hall–Kier alpha value is -2.24. The molecule has 0 aliphatic rings. The minimum Gasteiger partial charge on any atom is -0.441 e. The number of carbonyl (C=O) groups is 1. The normalized spacial score (nSPS) is 11.5. The zero-order valence-electron chi connectivity index (χ0n) is 12.7. The van der Waals surface area contributed by atoms with Crippen LogP contribution in [0.4, 0.5) is 8.78 Å². The largest absolute Gasteiger partial charge is 0.441 e. The first kappa shape index (κ1) is 16.1. The lowest BCUT2D eigenvalue weighted by molar-refractivity contribution is -0.122. The van der Waals surface area contributed by atoms with Crippen molar-refractivity contribution in [1.82, 2.24) is 10.3 Å². The Bertz CT molecular complexity index is 675. The molecule has 2 aromatic rings. The van der Waals surface area contributed by atoms with Gasteiger partial charge in [0.2, 0.25) is 5.91 Å². The summed E-state index contributed by atoms with van der Waals surface area (Å²) in [5.41, 5.74) is -0.157. The first-order valence-electron chi connectivity index (χ1n) is 6.96. The van der Waals surface area contributed by atoms with Gasteiger partial charge in [0.25, 0.3) is 0 Å². The first-order valence-corrected chi connectivity index (χ1v) is 6.96. The highest BCUT2D eigenvalue weighted by Gasteiger charge is 2.16. The summed E-state index contributed by atoms with van der Waals surface area (Å²) in [5, 5.41) is 2.83. The number of nitrogens with zero attached hydrogens (tertiary/aromatic N) is 1. The second kappa shape index (κ2) is 6.25. The fraction of sp³-hybridized carbons (Fsp3) is 0.375. The predicted molar refractivity (Wildman–Crippen MR) is 78.1 cm³/mol. The second-order valence-electron chi connectivity index (χ2n) is 6.04. The molecule has 0 bridgehead atoms. The molecular formula is C16H18F2N2O2. The lowest BCUT2D eigenvalue weighted by Crippen LogP contribution is -2.40. The molecule has 1 aromatic carbocycles. The molecule has 118 valence electrons. The summed E-state index contributed by atoms with van der Waals surface area (Å²) in [6.45, 7) is 5.68. The van der Waals surface area contributed by atoms with Gasteiger partial charge in [-0.2, -0.15) is 0 Å². The summed E-state index contributed by atoms with van der Waals surface area (Å²) in [6.07, 6.45) is 1.90. The van der Waals surface area contributed by atoms with E-state index in [0.717, 1.165) is 12.1 Å². The van der Waals surface area contributed by atoms with E-state index in [4.69, 9.17) is 4.42 Å². The molecule has 1 aromatic heterocycles. The number of rotatable bonds is 4. The van der Waals surface area contributed by atoms with Crippen molar-refractivity contribution in [3.8, 4) is 11.3 Å². The molecule has 1 N–H and O–H groups in total. The fourth-order valence-electron chi connectivity index (χ4n) is 1.94. The third-order valence-electron chi connectivity index (χ3n) is 2.83. The van der Waals surface area contributed by atoms with Gasteiger partial charge < -0.3 is 9.73 Å². The molecule has 0 aliphatic heterocycles. The lowest BCUT2D eigenvalue weighted by atomic mass is 10.1. The van der Waals surface area contributed by atoms with Crippen LogP contribution < -0.4 is 5.32 Å². The number of halogens is 2. The summed E-state index contributed by atoms with van der Waals surface area (Å²) in [6, 6.07) is 3.23. The van der Waals surface area contributed by atoms with E-state index in [0.29, 0.717) is 12.3 Å². The number of benzene rings is 1. The molecule has 0 saturated carbocycles. The van der Waals surface area contributed by atoms with Gasteiger partial charge in [-0.25, -0.2) is 13.8 Å². The molecule has 0 fully saturated rings. The number of hydrogen-bond donors (Lipinski definition) is 1. The Morgan fingerprint density at radius 2 is 2.05 bits per heavy atom. The van der Waals surface area contributed by atoms with Crippen molar-refractivity contribution in [3.05, 3.63) is 41.9 Å². The van der Waals surface area contributed by atoms with Crippen LogP contribution in [0.5, 0.6) is 0 Å². The van der Waals surface area contributed by atoms with Gasteiger partial charge in [0, 0.05) is 24.4 Å². The first-order chi connectivity index (χ1) is 10.2. The van der Waals surface area contributed by atoms with E-state index in [-0.39, 0.29) is 29.2 Å². The van der Waals surface area contributed by atoms with Crippen molar-refractivity contribution >= 4 is 5.91 Å². The Kier molecular flexibility index (Phi) is 4.59. The average Bonchev–Trinajstić information content (AvgIpc) is 2.83. The second-order valence-corrected chi connectivity index (χ2v) is 6.04. The Morgan fingerprint density at radius 3 is 2.68 bits per heavy atom. The molecule has 0 saturated heterocycles. The minimum atomic E-state index is -0.715. The lowest BCUT2D eigenvalue weighted by Gasteiger charge is -2.20. The number of aromatic nitrogens is 1. The van der Waals surface area contributed by atoms with Crippen LogP contribution >= 0.6 is 0 Å². The molecule has 2 rings (SSSR count). The van der Waals surface area contributed by atoms with Crippen molar-refractivity contribution < 1.29 is 18.0 Å². The van der Waals surface area contributed by atoms with Crippen molar-refractivity contribution in [2.75, 3.05) is 0 Å².